The minimum absolute atomic E-state index is 0.0113. The zero-order chi connectivity index (χ0) is 13.5. The molecule has 0 spiro atoms. The van der Waals surface area contributed by atoms with Crippen LogP contribution in [0.15, 0.2) is 18.2 Å². The van der Waals surface area contributed by atoms with Gasteiger partial charge in [0.1, 0.15) is 11.3 Å². The molecular formula is C13H16O5. The number of hydrogen-bond donors (Lipinski definition) is 1. The van der Waals surface area contributed by atoms with Crippen molar-refractivity contribution in [1.29, 1.82) is 0 Å². The van der Waals surface area contributed by atoms with E-state index >= 15 is 0 Å². The molecule has 0 aliphatic rings. The first-order valence-corrected chi connectivity index (χ1v) is 5.65. The van der Waals surface area contributed by atoms with E-state index in [9.17, 15) is 9.59 Å². The van der Waals surface area contributed by atoms with E-state index in [4.69, 9.17) is 14.6 Å². The predicted octanol–water partition coefficient (Wildman–Crippen LogP) is 1.89. The average molecular weight is 252 g/mol. The molecule has 1 aromatic carbocycles. The van der Waals surface area contributed by atoms with Gasteiger partial charge in [0, 0.05) is 6.42 Å². The molecule has 1 N–H and O–H groups in total. The summed E-state index contributed by atoms with van der Waals surface area (Å²) in [6.45, 7) is 2.00. The van der Waals surface area contributed by atoms with Crippen LogP contribution in [-0.2, 0) is 16.0 Å². The smallest absolute Gasteiger partial charge is 0.341 e. The van der Waals surface area contributed by atoms with Crippen LogP contribution in [0, 0.1) is 0 Å². The Morgan fingerprint density at radius 3 is 2.61 bits per heavy atom. The summed E-state index contributed by atoms with van der Waals surface area (Å²) < 4.78 is 10.1. The van der Waals surface area contributed by atoms with Crippen LogP contribution in [0.4, 0.5) is 0 Å². The van der Waals surface area contributed by atoms with E-state index in [0.29, 0.717) is 23.3 Å². The quantitative estimate of drug-likeness (QED) is 0.783. The number of rotatable bonds is 6. The zero-order valence-electron chi connectivity index (χ0n) is 10.4. The molecule has 0 unspecified atom stereocenters. The molecule has 0 saturated carbocycles. The fourth-order valence-electron chi connectivity index (χ4n) is 1.63. The lowest BCUT2D eigenvalue weighted by atomic mass is 10.0. The van der Waals surface area contributed by atoms with Gasteiger partial charge in [-0.15, -0.1) is 0 Å². The highest BCUT2D eigenvalue weighted by atomic mass is 16.5. The maximum absolute atomic E-state index is 11.7. The van der Waals surface area contributed by atoms with Crippen molar-refractivity contribution in [3.8, 4) is 5.75 Å². The molecule has 18 heavy (non-hydrogen) atoms. The molecule has 0 heterocycles. The summed E-state index contributed by atoms with van der Waals surface area (Å²) in [4.78, 5) is 22.3. The molecule has 0 fully saturated rings. The van der Waals surface area contributed by atoms with Crippen molar-refractivity contribution < 1.29 is 24.2 Å². The van der Waals surface area contributed by atoms with Crippen molar-refractivity contribution >= 4 is 11.9 Å². The van der Waals surface area contributed by atoms with Crippen LogP contribution in [0.1, 0.15) is 29.3 Å². The SMILES string of the molecule is CCOC(=O)c1cccc(CCC(=O)O)c1OC. The minimum atomic E-state index is -0.890. The lowest BCUT2D eigenvalue weighted by Crippen LogP contribution is -2.09. The van der Waals surface area contributed by atoms with Crippen molar-refractivity contribution in [3.63, 3.8) is 0 Å². The number of ether oxygens (including phenoxy) is 2. The normalized spacial score (nSPS) is 9.89. The highest BCUT2D eigenvalue weighted by molar-refractivity contribution is 5.93. The van der Waals surface area contributed by atoms with Crippen LogP contribution >= 0.6 is 0 Å². The number of hydrogen-bond acceptors (Lipinski definition) is 4. The van der Waals surface area contributed by atoms with Crippen molar-refractivity contribution in [2.75, 3.05) is 13.7 Å². The van der Waals surface area contributed by atoms with Gasteiger partial charge in [0.2, 0.25) is 0 Å². The zero-order valence-corrected chi connectivity index (χ0v) is 10.4. The highest BCUT2D eigenvalue weighted by Crippen LogP contribution is 2.25. The second-order valence-electron chi connectivity index (χ2n) is 3.61. The van der Waals surface area contributed by atoms with Gasteiger partial charge in [-0.05, 0) is 25.0 Å². The third-order valence-electron chi connectivity index (χ3n) is 2.40. The molecule has 98 valence electrons. The second kappa shape index (κ2) is 6.64. The summed E-state index contributed by atoms with van der Waals surface area (Å²) in [5.41, 5.74) is 1.01. The molecule has 0 aromatic heterocycles. The number of aryl methyl sites for hydroxylation is 1. The molecule has 0 saturated heterocycles. The monoisotopic (exact) mass is 252 g/mol. The predicted molar refractivity (Wildman–Crippen MR) is 64.9 cm³/mol. The number of carbonyl (C=O) groups is 2. The third kappa shape index (κ3) is 3.48. The molecular weight excluding hydrogens is 236 g/mol. The number of carboxylic acids is 1. The maximum atomic E-state index is 11.7. The molecule has 0 radical (unpaired) electrons. The van der Waals surface area contributed by atoms with Crippen LogP contribution in [0.3, 0.4) is 0 Å². The summed E-state index contributed by atoms with van der Waals surface area (Å²) in [5.74, 6) is -0.970. The average Bonchev–Trinajstić information content (AvgIpc) is 2.35. The molecule has 0 aliphatic carbocycles. The summed E-state index contributed by atoms with van der Waals surface area (Å²) in [6.07, 6.45) is 0.300. The molecule has 0 bridgehead atoms. The van der Waals surface area contributed by atoms with Crippen LogP contribution < -0.4 is 4.74 Å². The van der Waals surface area contributed by atoms with E-state index in [2.05, 4.69) is 0 Å². The number of benzene rings is 1. The van der Waals surface area contributed by atoms with E-state index in [1.807, 2.05) is 0 Å². The Bertz CT molecular complexity index is 439. The number of carbonyl (C=O) groups excluding carboxylic acids is 1. The Hall–Kier alpha value is -2.04. The molecule has 0 amide bonds. The molecule has 0 atom stereocenters. The largest absolute Gasteiger partial charge is 0.496 e. The van der Waals surface area contributed by atoms with Gasteiger partial charge in [-0.1, -0.05) is 12.1 Å². The summed E-state index contributed by atoms with van der Waals surface area (Å²) in [5, 5.41) is 8.67. The van der Waals surface area contributed by atoms with Gasteiger partial charge < -0.3 is 14.6 Å². The Labute approximate surface area is 105 Å². The van der Waals surface area contributed by atoms with Crippen LogP contribution in [0.5, 0.6) is 5.75 Å². The summed E-state index contributed by atoms with van der Waals surface area (Å²) in [7, 11) is 1.45. The number of carboxylic acid groups (broad SMARTS) is 1. The molecule has 5 heteroatoms. The lowest BCUT2D eigenvalue weighted by molar-refractivity contribution is -0.136. The fourth-order valence-corrected chi connectivity index (χ4v) is 1.63. The third-order valence-corrected chi connectivity index (χ3v) is 2.40. The molecule has 5 nitrogen and oxygen atoms in total. The fraction of sp³-hybridized carbons (Fsp3) is 0.385. The Morgan fingerprint density at radius 2 is 2.06 bits per heavy atom. The number of esters is 1. The van der Waals surface area contributed by atoms with E-state index in [1.54, 1.807) is 25.1 Å². The van der Waals surface area contributed by atoms with Crippen molar-refractivity contribution in [2.45, 2.75) is 19.8 Å². The van der Waals surface area contributed by atoms with Gasteiger partial charge in [0.05, 0.1) is 13.7 Å². The van der Waals surface area contributed by atoms with Crippen molar-refractivity contribution in [2.24, 2.45) is 0 Å². The van der Waals surface area contributed by atoms with Gasteiger partial charge in [-0.25, -0.2) is 4.79 Å². The number of aliphatic carboxylic acids is 1. The van der Waals surface area contributed by atoms with Crippen molar-refractivity contribution in [3.05, 3.63) is 29.3 Å². The summed E-state index contributed by atoms with van der Waals surface area (Å²) in [6, 6.07) is 5.03. The van der Waals surface area contributed by atoms with Crippen LogP contribution in [0.25, 0.3) is 0 Å². The topological polar surface area (TPSA) is 72.8 Å². The highest BCUT2D eigenvalue weighted by Gasteiger charge is 2.16. The standard InChI is InChI=1S/C13H16O5/c1-3-18-13(16)10-6-4-5-9(12(10)17-2)7-8-11(14)15/h4-6H,3,7-8H2,1-2H3,(H,14,15). The molecule has 0 aliphatic heterocycles. The van der Waals surface area contributed by atoms with E-state index in [-0.39, 0.29) is 13.0 Å². The Kier molecular flexibility index (Phi) is 5.17. The maximum Gasteiger partial charge on any atom is 0.341 e. The van der Waals surface area contributed by atoms with E-state index in [1.165, 1.54) is 7.11 Å². The summed E-state index contributed by atoms with van der Waals surface area (Å²) >= 11 is 0. The molecule has 1 aromatic rings. The lowest BCUT2D eigenvalue weighted by Gasteiger charge is -2.12. The van der Waals surface area contributed by atoms with Crippen LogP contribution in [-0.4, -0.2) is 30.8 Å². The first kappa shape index (κ1) is 14.0. The van der Waals surface area contributed by atoms with Gasteiger partial charge in [0.15, 0.2) is 0 Å². The van der Waals surface area contributed by atoms with Crippen LogP contribution in [0.2, 0.25) is 0 Å². The Morgan fingerprint density at radius 1 is 1.33 bits per heavy atom. The number of para-hydroxylation sites is 1. The number of methoxy groups -OCH3 is 1. The van der Waals surface area contributed by atoms with Gasteiger partial charge in [0.25, 0.3) is 0 Å². The van der Waals surface area contributed by atoms with E-state index in [0.717, 1.165) is 0 Å². The van der Waals surface area contributed by atoms with E-state index < -0.39 is 11.9 Å². The van der Waals surface area contributed by atoms with Gasteiger partial charge in [-0.2, -0.15) is 0 Å². The first-order valence-electron chi connectivity index (χ1n) is 5.65. The minimum Gasteiger partial charge on any atom is -0.496 e. The molecule has 1 rings (SSSR count). The second-order valence-corrected chi connectivity index (χ2v) is 3.61. The Balaban J connectivity index is 3.01. The van der Waals surface area contributed by atoms with Gasteiger partial charge in [-0.3, -0.25) is 4.79 Å². The van der Waals surface area contributed by atoms with Gasteiger partial charge >= 0.3 is 11.9 Å². The van der Waals surface area contributed by atoms with Crippen molar-refractivity contribution in [1.82, 2.24) is 0 Å². The first-order chi connectivity index (χ1) is 8.60.